The van der Waals surface area contributed by atoms with Gasteiger partial charge in [0.15, 0.2) is 0 Å². The second-order valence-electron chi connectivity index (χ2n) is 7.63. The first-order valence-electron chi connectivity index (χ1n) is 10.4. The molecule has 4 rings (SSSR count). The van der Waals surface area contributed by atoms with E-state index in [2.05, 4.69) is 10.2 Å². The lowest BCUT2D eigenvalue weighted by atomic mass is 10.1. The van der Waals surface area contributed by atoms with Crippen LogP contribution in [0, 0.1) is 5.82 Å². The van der Waals surface area contributed by atoms with Crippen LogP contribution < -0.4 is 15.0 Å². The number of nitrogens with one attached hydrogen (secondary N) is 1. The Bertz CT molecular complexity index is 829. The number of piperidine rings is 1. The highest BCUT2D eigenvalue weighted by molar-refractivity contribution is 6.06. The maximum atomic E-state index is 13.8. The fourth-order valence-corrected chi connectivity index (χ4v) is 3.88. The highest BCUT2D eigenvalue weighted by atomic mass is 19.1. The van der Waals surface area contributed by atoms with Crippen LogP contribution in [0.25, 0.3) is 0 Å². The topological polar surface area (TPSA) is 50.8 Å². The molecule has 2 fully saturated rings. The quantitative estimate of drug-likeness (QED) is 0.771. The third kappa shape index (κ3) is 5.07. The Morgan fingerprint density at radius 3 is 2.62 bits per heavy atom. The van der Waals surface area contributed by atoms with Crippen molar-refractivity contribution in [3.8, 4) is 5.75 Å². The summed E-state index contributed by atoms with van der Waals surface area (Å²) in [6.07, 6.45) is 5.68. The molecule has 0 bridgehead atoms. The third-order valence-electron chi connectivity index (χ3n) is 5.48. The molecule has 0 radical (unpaired) electrons. The number of carbonyl (C=O) groups is 1. The summed E-state index contributed by atoms with van der Waals surface area (Å²) in [4.78, 5) is 14.9. The summed E-state index contributed by atoms with van der Waals surface area (Å²) in [6, 6.07) is 11.6. The van der Waals surface area contributed by atoms with Crippen molar-refractivity contribution < 1.29 is 18.7 Å². The van der Waals surface area contributed by atoms with Gasteiger partial charge in [0.2, 0.25) is 0 Å². The van der Waals surface area contributed by atoms with Gasteiger partial charge in [-0.15, -0.1) is 0 Å². The van der Waals surface area contributed by atoms with E-state index in [0.29, 0.717) is 23.6 Å². The molecular weight excluding hydrogens is 371 g/mol. The first kappa shape index (κ1) is 19.7. The normalized spacial score (nSPS) is 19.2. The van der Waals surface area contributed by atoms with E-state index >= 15 is 0 Å². The van der Waals surface area contributed by atoms with Crippen molar-refractivity contribution in [1.29, 1.82) is 0 Å². The largest absolute Gasteiger partial charge is 0.491 e. The molecule has 2 aromatic rings. The minimum Gasteiger partial charge on any atom is -0.491 e. The lowest BCUT2D eigenvalue weighted by Gasteiger charge is -2.30. The van der Waals surface area contributed by atoms with Crippen molar-refractivity contribution in [2.45, 2.75) is 38.2 Å². The minimum atomic E-state index is -0.362. The van der Waals surface area contributed by atoms with Crippen LogP contribution in [0.3, 0.4) is 0 Å². The fourth-order valence-electron chi connectivity index (χ4n) is 3.88. The Kier molecular flexibility index (Phi) is 6.30. The third-order valence-corrected chi connectivity index (χ3v) is 5.48. The summed E-state index contributed by atoms with van der Waals surface area (Å²) in [7, 11) is 0. The first-order valence-corrected chi connectivity index (χ1v) is 10.4. The lowest BCUT2D eigenvalue weighted by Crippen LogP contribution is -2.30. The number of ether oxygens (including phenoxy) is 2. The summed E-state index contributed by atoms with van der Waals surface area (Å²) >= 11 is 0. The molecule has 2 heterocycles. The molecule has 1 unspecified atom stereocenters. The molecule has 1 N–H and O–H groups in total. The zero-order chi connectivity index (χ0) is 20.1. The van der Waals surface area contributed by atoms with Crippen molar-refractivity contribution in [3.63, 3.8) is 0 Å². The SMILES string of the molecule is O=C(Nc1cc(F)ccc1N1CCCCC1)c1ccc(OCC2CCCO2)cc1. The molecule has 2 aromatic carbocycles. The van der Waals surface area contributed by atoms with Gasteiger partial charge in [0.1, 0.15) is 18.2 Å². The predicted molar refractivity (Wildman–Crippen MR) is 111 cm³/mol. The van der Waals surface area contributed by atoms with E-state index in [1.165, 1.54) is 18.6 Å². The second kappa shape index (κ2) is 9.27. The zero-order valence-electron chi connectivity index (χ0n) is 16.5. The van der Waals surface area contributed by atoms with E-state index in [1.807, 2.05) is 0 Å². The Morgan fingerprint density at radius 2 is 1.90 bits per heavy atom. The van der Waals surface area contributed by atoms with E-state index < -0.39 is 0 Å². The molecule has 154 valence electrons. The molecule has 2 aliphatic heterocycles. The number of halogens is 1. The number of rotatable bonds is 6. The molecule has 6 heteroatoms. The summed E-state index contributed by atoms with van der Waals surface area (Å²) in [5, 5.41) is 2.88. The zero-order valence-corrected chi connectivity index (χ0v) is 16.5. The average molecular weight is 398 g/mol. The van der Waals surface area contributed by atoms with Crippen molar-refractivity contribution in [2.75, 3.05) is 36.5 Å². The van der Waals surface area contributed by atoms with Gasteiger partial charge in [-0.05, 0) is 74.6 Å². The number of benzene rings is 2. The molecule has 29 heavy (non-hydrogen) atoms. The Balaban J connectivity index is 1.41. The molecule has 1 atom stereocenters. The van der Waals surface area contributed by atoms with Gasteiger partial charge in [0.25, 0.3) is 5.91 Å². The molecular formula is C23H27FN2O3. The van der Waals surface area contributed by atoms with Gasteiger partial charge in [-0.3, -0.25) is 4.79 Å². The predicted octanol–water partition coefficient (Wildman–Crippen LogP) is 4.63. The van der Waals surface area contributed by atoms with Crippen molar-refractivity contribution >= 4 is 17.3 Å². The molecule has 0 aromatic heterocycles. The molecule has 2 saturated heterocycles. The van der Waals surface area contributed by atoms with Crippen molar-refractivity contribution in [1.82, 2.24) is 0 Å². The van der Waals surface area contributed by atoms with Crippen LogP contribution >= 0.6 is 0 Å². The number of amides is 1. The Morgan fingerprint density at radius 1 is 1.10 bits per heavy atom. The Labute approximate surface area is 170 Å². The van der Waals surface area contributed by atoms with Crippen molar-refractivity contribution in [2.24, 2.45) is 0 Å². The number of anilines is 2. The van der Waals surface area contributed by atoms with Crippen LogP contribution in [0.4, 0.5) is 15.8 Å². The van der Waals surface area contributed by atoms with Crippen LogP contribution in [0.15, 0.2) is 42.5 Å². The summed E-state index contributed by atoms with van der Waals surface area (Å²) in [6.45, 7) is 3.16. The molecule has 0 aliphatic carbocycles. The molecule has 1 amide bonds. The van der Waals surface area contributed by atoms with Gasteiger partial charge in [0.05, 0.1) is 17.5 Å². The molecule has 0 spiro atoms. The van der Waals surface area contributed by atoms with Gasteiger partial charge in [-0.2, -0.15) is 0 Å². The van der Waals surface area contributed by atoms with Crippen LogP contribution in [0.1, 0.15) is 42.5 Å². The fraction of sp³-hybridized carbons (Fsp3) is 0.435. The lowest BCUT2D eigenvalue weighted by molar-refractivity contribution is 0.0679. The second-order valence-corrected chi connectivity index (χ2v) is 7.63. The first-order chi connectivity index (χ1) is 14.2. The van der Waals surface area contributed by atoms with Gasteiger partial charge >= 0.3 is 0 Å². The van der Waals surface area contributed by atoms with Gasteiger partial charge in [-0.1, -0.05) is 0 Å². The standard InChI is InChI=1S/C23H27FN2O3/c24-18-8-11-22(26-12-2-1-3-13-26)21(15-18)25-23(27)17-6-9-19(10-7-17)29-16-20-5-4-14-28-20/h6-11,15,20H,1-5,12-14,16H2,(H,25,27). The van der Waals surface area contributed by atoms with Crippen LogP contribution in [-0.2, 0) is 4.74 Å². The Hall–Kier alpha value is -2.60. The number of hydrogen-bond acceptors (Lipinski definition) is 4. The van der Waals surface area contributed by atoms with Crippen LogP contribution in [0.5, 0.6) is 5.75 Å². The number of hydrogen-bond donors (Lipinski definition) is 1. The van der Waals surface area contributed by atoms with Crippen LogP contribution in [0.2, 0.25) is 0 Å². The van der Waals surface area contributed by atoms with E-state index in [9.17, 15) is 9.18 Å². The van der Waals surface area contributed by atoms with E-state index in [1.54, 1.807) is 30.3 Å². The minimum absolute atomic E-state index is 0.152. The van der Waals surface area contributed by atoms with Crippen LogP contribution in [-0.4, -0.2) is 38.3 Å². The van der Waals surface area contributed by atoms with E-state index in [-0.39, 0.29) is 17.8 Å². The maximum absolute atomic E-state index is 13.8. The van der Waals surface area contributed by atoms with E-state index in [4.69, 9.17) is 9.47 Å². The monoisotopic (exact) mass is 398 g/mol. The average Bonchev–Trinajstić information content (AvgIpc) is 3.27. The number of carbonyl (C=O) groups excluding carboxylic acids is 1. The summed E-state index contributed by atoms with van der Waals surface area (Å²) < 4.78 is 25.1. The summed E-state index contributed by atoms with van der Waals surface area (Å²) in [5.74, 6) is 0.0790. The van der Waals surface area contributed by atoms with E-state index in [0.717, 1.165) is 51.1 Å². The smallest absolute Gasteiger partial charge is 0.255 e. The van der Waals surface area contributed by atoms with Crippen molar-refractivity contribution in [3.05, 3.63) is 53.8 Å². The highest BCUT2D eigenvalue weighted by Gasteiger charge is 2.18. The molecule has 2 aliphatic rings. The van der Waals surface area contributed by atoms with Gasteiger partial charge in [-0.25, -0.2) is 4.39 Å². The molecule has 5 nitrogen and oxygen atoms in total. The number of nitrogens with zero attached hydrogens (tertiary/aromatic N) is 1. The van der Waals surface area contributed by atoms with Gasteiger partial charge in [0, 0.05) is 25.3 Å². The van der Waals surface area contributed by atoms with Gasteiger partial charge < -0.3 is 19.7 Å². The highest BCUT2D eigenvalue weighted by Crippen LogP contribution is 2.30. The molecule has 0 saturated carbocycles. The maximum Gasteiger partial charge on any atom is 0.255 e. The summed E-state index contributed by atoms with van der Waals surface area (Å²) in [5.41, 5.74) is 1.88.